The van der Waals surface area contributed by atoms with Crippen LogP contribution in [0.3, 0.4) is 0 Å². The predicted octanol–water partition coefficient (Wildman–Crippen LogP) is 2.43. The van der Waals surface area contributed by atoms with Gasteiger partial charge in [-0.15, -0.1) is 0 Å². The lowest BCUT2D eigenvalue weighted by molar-refractivity contribution is 0.944. The van der Waals surface area contributed by atoms with Gasteiger partial charge in [-0.25, -0.2) is 0 Å². The van der Waals surface area contributed by atoms with Crippen molar-refractivity contribution in [1.29, 1.82) is 5.26 Å². The Hall–Kier alpha value is -1.60. The second-order valence-corrected chi connectivity index (χ2v) is 3.48. The molecule has 0 spiro atoms. The molecule has 1 N–H and O–H groups in total. The van der Waals surface area contributed by atoms with Gasteiger partial charge in [-0.2, -0.15) is 5.26 Å². The molecule has 2 rings (SSSR count). The van der Waals surface area contributed by atoms with Gasteiger partial charge in [0.2, 0.25) is 0 Å². The molecule has 2 aromatic heterocycles. The molecular weight excluding hydrogens is 194 g/mol. The summed E-state index contributed by atoms with van der Waals surface area (Å²) in [4.78, 5) is 0. The summed E-state index contributed by atoms with van der Waals surface area (Å²) < 4.78 is 2.28. The smallest absolute Gasteiger partial charge is 0.138 e. The largest absolute Gasteiger partial charge is 0.283 e. The number of nitriles is 1. The molecule has 0 saturated carbocycles. The van der Waals surface area contributed by atoms with Crippen molar-refractivity contribution >= 4 is 17.7 Å². The SMILES string of the molecule is CCc1ccn2[nH]c(=S)c(C#N)c2c1. The Kier molecular flexibility index (Phi) is 2.10. The molecule has 0 bridgehead atoms. The molecule has 0 aliphatic carbocycles. The lowest BCUT2D eigenvalue weighted by Crippen LogP contribution is -1.88. The van der Waals surface area contributed by atoms with E-state index in [1.807, 2.05) is 18.3 Å². The van der Waals surface area contributed by atoms with Crippen molar-refractivity contribution in [2.75, 3.05) is 0 Å². The molecule has 3 nitrogen and oxygen atoms in total. The summed E-state index contributed by atoms with van der Waals surface area (Å²) in [5, 5.41) is 11.9. The number of fused-ring (bicyclic) bond motifs is 1. The van der Waals surface area contributed by atoms with Gasteiger partial charge in [-0.3, -0.25) is 9.61 Å². The average molecular weight is 203 g/mol. The maximum absolute atomic E-state index is 8.92. The minimum absolute atomic E-state index is 0.501. The van der Waals surface area contributed by atoms with Crippen molar-refractivity contribution in [1.82, 2.24) is 9.61 Å². The van der Waals surface area contributed by atoms with Crippen molar-refractivity contribution in [2.24, 2.45) is 0 Å². The first-order valence-corrected chi connectivity index (χ1v) is 4.80. The van der Waals surface area contributed by atoms with E-state index in [1.165, 1.54) is 5.56 Å². The van der Waals surface area contributed by atoms with Crippen LogP contribution in [0.1, 0.15) is 18.1 Å². The number of aryl methyl sites for hydroxylation is 1. The Morgan fingerprint density at radius 1 is 1.64 bits per heavy atom. The first-order chi connectivity index (χ1) is 6.76. The van der Waals surface area contributed by atoms with Crippen molar-refractivity contribution in [3.05, 3.63) is 34.1 Å². The number of nitrogens with zero attached hydrogens (tertiary/aromatic N) is 2. The third-order valence-corrected chi connectivity index (χ3v) is 2.54. The van der Waals surface area contributed by atoms with Gasteiger partial charge < -0.3 is 0 Å². The van der Waals surface area contributed by atoms with Crippen LogP contribution >= 0.6 is 12.2 Å². The molecule has 2 aromatic rings. The second-order valence-electron chi connectivity index (χ2n) is 3.07. The van der Waals surface area contributed by atoms with Gasteiger partial charge in [0.15, 0.2) is 0 Å². The fourth-order valence-corrected chi connectivity index (χ4v) is 1.69. The number of hydrogen-bond donors (Lipinski definition) is 1. The highest BCUT2D eigenvalue weighted by Crippen LogP contribution is 2.13. The molecule has 0 aliphatic heterocycles. The van der Waals surface area contributed by atoms with Gasteiger partial charge in [0, 0.05) is 6.20 Å². The van der Waals surface area contributed by atoms with Crippen LogP contribution in [0.5, 0.6) is 0 Å². The summed E-state index contributed by atoms with van der Waals surface area (Å²) in [6.45, 7) is 2.08. The van der Waals surface area contributed by atoms with Crippen molar-refractivity contribution in [2.45, 2.75) is 13.3 Å². The Morgan fingerprint density at radius 3 is 3.07 bits per heavy atom. The monoisotopic (exact) mass is 203 g/mol. The lowest BCUT2D eigenvalue weighted by Gasteiger charge is -1.97. The summed E-state index contributed by atoms with van der Waals surface area (Å²) >= 11 is 5.03. The quantitative estimate of drug-likeness (QED) is 0.723. The molecule has 0 atom stereocenters. The van der Waals surface area contributed by atoms with E-state index >= 15 is 0 Å². The van der Waals surface area contributed by atoms with Crippen molar-refractivity contribution in [3.8, 4) is 6.07 Å². The van der Waals surface area contributed by atoms with Gasteiger partial charge in [0.1, 0.15) is 16.3 Å². The molecule has 2 heterocycles. The summed E-state index contributed by atoms with van der Waals surface area (Å²) in [6.07, 6.45) is 2.85. The van der Waals surface area contributed by atoms with Gasteiger partial charge in [0.25, 0.3) is 0 Å². The van der Waals surface area contributed by atoms with Crippen LogP contribution in [0.2, 0.25) is 0 Å². The minimum atomic E-state index is 0.501. The first-order valence-electron chi connectivity index (χ1n) is 4.39. The highest BCUT2D eigenvalue weighted by atomic mass is 32.1. The van der Waals surface area contributed by atoms with Crippen LogP contribution in [0, 0.1) is 16.0 Å². The maximum atomic E-state index is 8.92. The maximum Gasteiger partial charge on any atom is 0.138 e. The van der Waals surface area contributed by atoms with Gasteiger partial charge in [0.05, 0.1) is 5.52 Å². The van der Waals surface area contributed by atoms with Crippen molar-refractivity contribution < 1.29 is 0 Å². The Morgan fingerprint density at radius 2 is 2.43 bits per heavy atom. The fraction of sp³-hybridized carbons (Fsp3) is 0.200. The van der Waals surface area contributed by atoms with Gasteiger partial charge in [-0.1, -0.05) is 19.1 Å². The molecular formula is C10H9N3S. The van der Waals surface area contributed by atoms with Crippen LogP contribution in [-0.4, -0.2) is 9.61 Å². The zero-order chi connectivity index (χ0) is 10.1. The number of aromatic amines is 1. The number of rotatable bonds is 1. The molecule has 0 saturated heterocycles. The molecule has 0 amide bonds. The average Bonchev–Trinajstić information content (AvgIpc) is 2.52. The van der Waals surface area contributed by atoms with E-state index < -0.39 is 0 Å². The van der Waals surface area contributed by atoms with Crippen LogP contribution in [0.4, 0.5) is 0 Å². The second kappa shape index (κ2) is 3.28. The van der Waals surface area contributed by atoms with Crippen molar-refractivity contribution in [3.63, 3.8) is 0 Å². The summed E-state index contributed by atoms with van der Waals surface area (Å²) in [5.41, 5.74) is 2.61. The molecule has 14 heavy (non-hydrogen) atoms. The Labute approximate surface area is 86.6 Å². The molecule has 0 aromatic carbocycles. The Balaban J connectivity index is 2.86. The molecule has 0 aliphatic rings. The topological polar surface area (TPSA) is 44.0 Å². The molecule has 70 valence electrons. The van der Waals surface area contributed by atoms with Gasteiger partial charge >= 0.3 is 0 Å². The summed E-state index contributed by atoms with van der Waals surface area (Å²) in [6, 6.07) is 6.12. The van der Waals surface area contributed by atoms with E-state index in [1.54, 1.807) is 4.52 Å². The number of nitrogens with one attached hydrogen (secondary N) is 1. The summed E-state index contributed by atoms with van der Waals surface area (Å²) in [7, 11) is 0. The van der Waals surface area contributed by atoms with E-state index in [4.69, 9.17) is 17.5 Å². The Bertz CT molecular complexity index is 571. The van der Waals surface area contributed by atoms with E-state index in [2.05, 4.69) is 18.1 Å². The van der Waals surface area contributed by atoms with E-state index in [0.717, 1.165) is 11.9 Å². The number of pyridine rings is 1. The molecule has 0 radical (unpaired) electrons. The third-order valence-electron chi connectivity index (χ3n) is 2.24. The summed E-state index contributed by atoms with van der Waals surface area (Å²) in [5.74, 6) is 0. The molecule has 4 heteroatoms. The third kappa shape index (κ3) is 1.22. The van der Waals surface area contributed by atoms with Crippen LogP contribution in [0.15, 0.2) is 18.3 Å². The highest BCUT2D eigenvalue weighted by Gasteiger charge is 2.04. The zero-order valence-electron chi connectivity index (χ0n) is 7.74. The number of H-pyrrole nitrogens is 1. The van der Waals surface area contributed by atoms with Gasteiger partial charge in [-0.05, 0) is 24.1 Å². The van der Waals surface area contributed by atoms with Crippen LogP contribution in [0.25, 0.3) is 5.52 Å². The minimum Gasteiger partial charge on any atom is -0.283 e. The fourth-order valence-electron chi connectivity index (χ4n) is 1.44. The normalized spacial score (nSPS) is 10.3. The van der Waals surface area contributed by atoms with E-state index in [9.17, 15) is 0 Å². The lowest BCUT2D eigenvalue weighted by atomic mass is 10.2. The van der Waals surface area contributed by atoms with E-state index in [0.29, 0.717) is 10.2 Å². The molecule has 0 fully saturated rings. The predicted molar refractivity (Wildman–Crippen MR) is 56.7 cm³/mol. The van der Waals surface area contributed by atoms with Crippen LogP contribution < -0.4 is 0 Å². The standard InChI is InChI=1S/C10H9N3S/c1-2-7-3-4-13-9(5-7)8(6-11)10(14)12-13/h3-5H,2H2,1H3,(H,12,14). The molecule has 0 unspecified atom stereocenters. The number of hydrogen-bond acceptors (Lipinski definition) is 2. The number of aromatic nitrogens is 2. The van der Waals surface area contributed by atoms with Crippen LogP contribution in [-0.2, 0) is 6.42 Å². The first kappa shape index (κ1) is 8.97. The van der Waals surface area contributed by atoms with E-state index in [-0.39, 0.29) is 0 Å². The zero-order valence-corrected chi connectivity index (χ0v) is 8.56. The highest BCUT2D eigenvalue weighted by molar-refractivity contribution is 7.71.